The summed E-state index contributed by atoms with van der Waals surface area (Å²) in [7, 11) is 5.38. The lowest BCUT2D eigenvalue weighted by Crippen LogP contribution is -2.55. The van der Waals surface area contributed by atoms with Gasteiger partial charge >= 0.3 is 11.9 Å². The third kappa shape index (κ3) is 32.7. The molecule has 0 spiro atoms. The van der Waals surface area contributed by atoms with Gasteiger partial charge in [0.1, 0.15) is 12.6 Å². The fraction of sp³-hybridized carbons (Fsp3) is 0.698. The first-order chi connectivity index (χ1) is 24.6. The molecule has 51 heavy (non-hydrogen) atoms. The predicted molar refractivity (Wildman–Crippen MR) is 208 cm³/mol. The largest absolute Gasteiger partial charge is 0.544 e. The Hall–Kier alpha value is -2.97. The molecule has 0 aromatic rings. The molecule has 0 saturated carbocycles. The smallest absolute Gasteiger partial charge is 0.306 e. The molecule has 0 radical (unpaired) electrons. The highest BCUT2D eigenvalue weighted by Crippen LogP contribution is 2.12. The number of esters is 2. The summed E-state index contributed by atoms with van der Waals surface area (Å²) < 4.78 is 17.1. The average Bonchev–Trinajstić information content (AvgIpc) is 3.08. The molecule has 0 rings (SSSR count). The quantitative estimate of drug-likeness (QED) is 0.0216. The number of aliphatic carboxylic acids is 1. The molecule has 2 atom stereocenters. The summed E-state index contributed by atoms with van der Waals surface area (Å²) in [5.74, 6) is -1.79. The highest BCUT2D eigenvalue weighted by molar-refractivity contribution is 5.70. The number of hydrogen-bond acceptors (Lipinski definition) is 7. The van der Waals surface area contributed by atoms with Crippen molar-refractivity contribution in [3.8, 4) is 0 Å². The Kier molecular flexibility index (Phi) is 32.1. The van der Waals surface area contributed by atoms with Gasteiger partial charge in [-0.05, 0) is 57.8 Å². The number of rotatable bonds is 34. The molecule has 0 N–H and O–H groups in total. The van der Waals surface area contributed by atoms with Crippen LogP contribution in [-0.2, 0) is 28.6 Å². The van der Waals surface area contributed by atoms with E-state index < -0.39 is 18.1 Å². The van der Waals surface area contributed by atoms with E-state index >= 15 is 0 Å². The third-order valence-corrected chi connectivity index (χ3v) is 8.48. The highest BCUT2D eigenvalue weighted by atomic mass is 16.6. The van der Waals surface area contributed by atoms with Crippen LogP contribution in [0.2, 0.25) is 0 Å². The number of carboxylic acids is 1. The highest BCUT2D eigenvalue weighted by Gasteiger charge is 2.25. The molecular formula is C43H73NO7. The number of quaternary nitrogens is 1. The zero-order valence-corrected chi connectivity index (χ0v) is 33.0. The first kappa shape index (κ1) is 48.0. The topological polar surface area (TPSA) is 102 Å². The minimum absolute atomic E-state index is 0.0269. The van der Waals surface area contributed by atoms with E-state index in [1.165, 1.54) is 25.7 Å². The van der Waals surface area contributed by atoms with E-state index in [1.54, 1.807) is 21.1 Å². The lowest BCUT2D eigenvalue weighted by Gasteiger charge is -2.34. The second-order valence-electron chi connectivity index (χ2n) is 14.2. The normalized spacial score (nSPS) is 13.7. The van der Waals surface area contributed by atoms with Crippen molar-refractivity contribution in [2.75, 3.05) is 41.0 Å². The predicted octanol–water partition coefficient (Wildman–Crippen LogP) is 8.91. The van der Waals surface area contributed by atoms with E-state index in [2.05, 4.69) is 44.2 Å². The van der Waals surface area contributed by atoms with Gasteiger partial charge in [-0.1, -0.05) is 126 Å². The Morgan fingerprint density at radius 1 is 0.608 bits per heavy atom. The number of ether oxygens (including phenoxy) is 3. The SMILES string of the molecule is CC/C=C/C=C/C=C/C=C/CCCCCCCC(=O)OCC(COCCC(C(=O)[O-])[N+](C)(C)C)OC(=O)CCCCCCC/C=C/CCCCC. The van der Waals surface area contributed by atoms with Crippen molar-refractivity contribution in [3.05, 3.63) is 60.8 Å². The molecule has 0 fully saturated rings. The van der Waals surface area contributed by atoms with Gasteiger partial charge in [-0.15, -0.1) is 0 Å². The standard InChI is InChI=1S/C43H73NO7/c1-6-8-10-12-14-16-18-20-21-22-24-25-27-29-31-33-41(45)50-38-39(37-49-36-35-40(43(47)48)44(3,4)5)51-42(46)34-32-30-28-26-23-19-17-15-13-11-9-7-2/h8,10,12,14-18,20-21,39-40H,6-7,9,11,13,19,22-38H2,1-5H3/b10-8+,14-12+,17-15+,18-16+,21-20+. The van der Waals surface area contributed by atoms with Gasteiger partial charge in [0.15, 0.2) is 6.10 Å². The number of hydrogen-bond donors (Lipinski definition) is 0. The summed E-state index contributed by atoms with van der Waals surface area (Å²) in [4.78, 5) is 36.7. The van der Waals surface area contributed by atoms with Gasteiger partial charge in [-0.25, -0.2) is 0 Å². The fourth-order valence-corrected chi connectivity index (χ4v) is 5.37. The summed E-state index contributed by atoms with van der Waals surface area (Å²) in [5, 5.41) is 11.6. The molecule has 0 amide bonds. The molecule has 0 aromatic carbocycles. The second-order valence-corrected chi connectivity index (χ2v) is 14.2. The maximum absolute atomic E-state index is 12.6. The van der Waals surface area contributed by atoms with Gasteiger partial charge in [0.2, 0.25) is 0 Å². The van der Waals surface area contributed by atoms with Crippen molar-refractivity contribution < 1.29 is 38.2 Å². The molecule has 0 aliphatic carbocycles. The maximum Gasteiger partial charge on any atom is 0.306 e. The Bertz CT molecular complexity index is 1020. The van der Waals surface area contributed by atoms with Crippen LogP contribution >= 0.6 is 0 Å². The van der Waals surface area contributed by atoms with Crippen LogP contribution in [-0.4, -0.2) is 75.5 Å². The molecule has 292 valence electrons. The molecule has 8 heteroatoms. The summed E-state index contributed by atoms with van der Waals surface area (Å²) in [6.45, 7) is 4.44. The zero-order valence-electron chi connectivity index (χ0n) is 33.0. The van der Waals surface area contributed by atoms with Crippen molar-refractivity contribution in [1.82, 2.24) is 0 Å². The number of carbonyl (C=O) groups excluding carboxylic acids is 3. The van der Waals surface area contributed by atoms with E-state index in [1.807, 2.05) is 30.4 Å². The first-order valence-electron chi connectivity index (χ1n) is 19.9. The molecule has 0 aliphatic heterocycles. The Balaban J connectivity index is 4.47. The molecule has 0 bridgehead atoms. The number of nitrogens with zero attached hydrogens (tertiary/aromatic N) is 1. The summed E-state index contributed by atoms with van der Waals surface area (Å²) in [6.07, 6.45) is 39.5. The van der Waals surface area contributed by atoms with Crippen molar-refractivity contribution in [3.63, 3.8) is 0 Å². The molecule has 8 nitrogen and oxygen atoms in total. The monoisotopic (exact) mass is 716 g/mol. The number of carboxylic acid groups (broad SMARTS) is 1. The second kappa shape index (κ2) is 34.1. The Morgan fingerprint density at radius 3 is 1.69 bits per heavy atom. The van der Waals surface area contributed by atoms with Crippen LogP contribution in [0.1, 0.15) is 142 Å². The lowest BCUT2D eigenvalue weighted by molar-refractivity contribution is -0.889. The molecule has 0 heterocycles. The first-order valence-corrected chi connectivity index (χ1v) is 19.9. The van der Waals surface area contributed by atoms with Gasteiger partial charge in [0.25, 0.3) is 0 Å². The van der Waals surface area contributed by atoms with Crippen LogP contribution in [0.4, 0.5) is 0 Å². The Morgan fingerprint density at radius 2 is 1.12 bits per heavy atom. The number of carbonyl (C=O) groups is 3. The molecular weight excluding hydrogens is 642 g/mol. The van der Waals surface area contributed by atoms with Crippen molar-refractivity contribution in [1.29, 1.82) is 0 Å². The fourth-order valence-electron chi connectivity index (χ4n) is 5.37. The summed E-state index contributed by atoms with van der Waals surface area (Å²) >= 11 is 0. The van der Waals surface area contributed by atoms with Gasteiger partial charge in [0, 0.05) is 19.3 Å². The number of unbranched alkanes of at least 4 members (excludes halogenated alkanes) is 13. The van der Waals surface area contributed by atoms with Gasteiger partial charge in [-0.3, -0.25) is 9.59 Å². The summed E-state index contributed by atoms with van der Waals surface area (Å²) in [6, 6.07) is -0.732. The van der Waals surface area contributed by atoms with Crippen LogP contribution in [0.5, 0.6) is 0 Å². The minimum atomic E-state index is -1.13. The van der Waals surface area contributed by atoms with E-state index in [0.717, 1.165) is 83.5 Å². The van der Waals surface area contributed by atoms with Crippen LogP contribution < -0.4 is 5.11 Å². The number of likely N-dealkylation sites (N-methyl/N-ethyl adjacent to an activating group) is 1. The van der Waals surface area contributed by atoms with Crippen LogP contribution in [0.3, 0.4) is 0 Å². The van der Waals surface area contributed by atoms with Crippen LogP contribution in [0.15, 0.2) is 60.8 Å². The average molecular weight is 716 g/mol. The minimum Gasteiger partial charge on any atom is -0.544 e. The van der Waals surface area contributed by atoms with Gasteiger partial charge in [0.05, 0.1) is 40.3 Å². The van der Waals surface area contributed by atoms with E-state index in [0.29, 0.717) is 12.8 Å². The molecule has 2 unspecified atom stereocenters. The van der Waals surface area contributed by atoms with Crippen molar-refractivity contribution >= 4 is 17.9 Å². The van der Waals surface area contributed by atoms with Crippen LogP contribution in [0.25, 0.3) is 0 Å². The van der Waals surface area contributed by atoms with E-state index in [4.69, 9.17) is 14.2 Å². The molecule has 0 saturated heterocycles. The third-order valence-electron chi connectivity index (χ3n) is 8.48. The Labute approximate surface area is 311 Å². The summed E-state index contributed by atoms with van der Waals surface area (Å²) in [5.41, 5.74) is 0. The zero-order chi connectivity index (χ0) is 37.8. The lowest BCUT2D eigenvalue weighted by atomic mass is 10.1. The van der Waals surface area contributed by atoms with Crippen molar-refractivity contribution in [2.45, 2.75) is 154 Å². The molecule has 0 aliphatic rings. The number of allylic oxidation sites excluding steroid dienone is 10. The van der Waals surface area contributed by atoms with Crippen molar-refractivity contribution in [2.24, 2.45) is 0 Å². The van der Waals surface area contributed by atoms with E-state index in [-0.39, 0.29) is 42.7 Å². The van der Waals surface area contributed by atoms with Gasteiger partial charge in [-0.2, -0.15) is 0 Å². The maximum atomic E-state index is 12.6. The molecule has 0 aromatic heterocycles. The van der Waals surface area contributed by atoms with Gasteiger partial charge < -0.3 is 28.6 Å². The van der Waals surface area contributed by atoms with Crippen LogP contribution in [0, 0.1) is 0 Å². The van der Waals surface area contributed by atoms with E-state index in [9.17, 15) is 19.5 Å².